The number of aryl methyl sites for hydroxylation is 1. The van der Waals surface area contributed by atoms with E-state index >= 15 is 0 Å². The summed E-state index contributed by atoms with van der Waals surface area (Å²) in [6.45, 7) is 2.71. The Morgan fingerprint density at radius 3 is 2.87 bits per heavy atom. The molecule has 0 bridgehead atoms. The third-order valence-corrected chi connectivity index (χ3v) is 3.81. The molecule has 2 aromatic rings. The molecule has 0 aliphatic rings. The molecule has 0 spiro atoms. The van der Waals surface area contributed by atoms with E-state index in [-0.39, 0.29) is 0 Å². The van der Waals surface area contributed by atoms with Crippen LogP contribution in [0.1, 0.15) is 10.4 Å². The van der Waals surface area contributed by atoms with Gasteiger partial charge in [-0.25, -0.2) is 0 Å². The van der Waals surface area contributed by atoms with Crippen LogP contribution in [0, 0.1) is 6.92 Å². The van der Waals surface area contributed by atoms with Crippen molar-refractivity contribution in [2.75, 3.05) is 0 Å². The van der Waals surface area contributed by atoms with Crippen molar-refractivity contribution < 1.29 is 4.74 Å². The van der Waals surface area contributed by atoms with Crippen LogP contribution in [0.25, 0.3) is 0 Å². The Kier molecular flexibility index (Phi) is 3.44. The van der Waals surface area contributed by atoms with Crippen molar-refractivity contribution in [2.45, 2.75) is 13.5 Å². The highest BCUT2D eigenvalue weighted by Gasteiger charge is 1.99. The van der Waals surface area contributed by atoms with Crippen LogP contribution in [-0.4, -0.2) is 0 Å². The molecule has 0 unspecified atom stereocenters. The number of ether oxygens (including phenoxy) is 1. The van der Waals surface area contributed by atoms with E-state index in [0.29, 0.717) is 6.61 Å². The first kappa shape index (κ1) is 10.7. The number of rotatable bonds is 3. The highest BCUT2D eigenvalue weighted by atomic mass is 79.9. The maximum absolute atomic E-state index is 5.67. The topological polar surface area (TPSA) is 9.23 Å². The van der Waals surface area contributed by atoms with Gasteiger partial charge in [0.05, 0.1) is 0 Å². The normalized spacial score (nSPS) is 10.3. The second-order valence-corrected chi connectivity index (χ2v) is 5.17. The minimum atomic E-state index is 0.646. The Hall–Kier alpha value is -0.800. The van der Waals surface area contributed by atoms with E-state index in [0.717, 1.165) is 10.2 Å². The highest BCUT2D eigenvalue weighted by molar-refractivity contribution is 9.10. The third-order valence-electron chi connectivity index (χ3n) is 2.10. The summed E-state index contributed by atoms with van der Waals surface area (Å²) in [5.41, 5.74) is 1.22. The van der Waals surface area contributed by atoms with Crippen LogP contribution in [0.2, 0.25) is 0 Å². The van der Waals surface area contributed by atoms with Gasteiger partial charge < -0.3 is 4.74 Å². The molecule has 0 radical (unpaired) electrons. The molecule has 3 heteroatoms. The van der Waals surface area contributed by atoms with E-state index in [4.69, 9.17) is 4.74 Å². The molecule has 15 heavy (non-hydrogen) atoms. The first-order chi connectivity index (χ1) is 7.25. The molecule has 0 aliphatic heterocycles. The molecular weight excluding hydrogens is 272 g/mol. The third kappa shape index (κ3) is 2.83. The summed E-state index contributed by atoms with van der Waals surface area (Å²) in [5, 5.41) is 2.06. The van der Waals surface area contributed by atoms with Crippen LogP contribution < -0.4 is 4.74 Å². The SMILES string of the molecule is Cc1ccc(OCc2cccs2)cc1Br. The van der Waals surface area contributed by atoms with Gasteiger partial charge >= 0.3 is 0 Å². The molecule has 1 nitrogen and oxygen atoms in total. The summed E-state index contributed by atoms with van der Waals surface area (Å²) < 4.78 is 6.76. The second kappa shape index (κ2) is 4.81. The number of hydrogen-bond donors (Lipinski definition) is 0. The molecule has 2 rings (SSSR count). The fourth-order valence-electron chi connectivity index (χ4n) is 1.21. The predicted molar refractivity (Wildman–Crippen MR) is 67.5 cm³/mol. The standard InChI is InChI=1S/C12H11BrOS/c1-9-4-5-10(7-12(9)13)14-8-11-3-2-6-15-11/h2-7H,8H2,1H3. The van der Waals surface area contributed by atoms with Gasteiger partial charge in [-0.05, 0) is 36.1 Å². The first-order valence-electron chi connectivity index (χ1n) is 4.67. The van der Waals surface area contributed by atoms with Crippen molar-refractivity contribution in [1.82, 2.24) is 0 Å². The van der Waals surface area contributed by atoms with Gasteiger partial charge in [0.1, 0.15) is 12.4 Å². The summed E-state index contributed by atoms with van der Waals surface area (Å²) in [6.07, 6.45) is 0. The van der Waals surface area contributed by atoms with Crippen molar-refractivity contribution in [3.8, 4) is 5.75 Å². The molecule has 0 fully saturated rings. The summed E-state index contributed by atoms with van der Waals surface area (Å²) >= 11 is 5.20. The van der Waals surface area contributed by atoms with Crippen LogP contribution in [0.5, 0.6) is 5.75 Å². The van der Waals surface area contributed by atoms with Gasteiger partial charge in [-0.15, -0.1) is 11.3 Å². The van der Waals surface area contributed by atoms with Gasteiger partial charge in [0.25, 0.3) is 0 Å². The zero-order valence-electron chi connectivity index (χ0n) is 8.37. The molecule has 0 aliphatic carbocycles. The molecule has 1 aromatic heterocycles. The minimum Gasteiger partial charge on any atom is -0.488 e. The molecule has 0 amide bonds. The molecule has 0 atom stereocenters. The number of hydrogen-bond acceptors (Lipinski definition) is 2. The average molecular weight is 283 g/mol. The molecule has 1 heterocycles. The van der Waals surface area contributed by atoms with Crippen molar-refractivity contribution in [2.24, 2.45) is 0 Å². The van der Waals surface area contributed by atoms with Crippen LogP contribution in [0.15, 0.2) is 40.2 Å². The Bertz CT molecular complexity index is 437. The zero-order valence-corrected chi connectivity index (χ0v) is 10.8. The monoisotopic (exact) mass is 282 g/mol. The van der Waals surface area contributed by atoms with E-state index in [2.05, 4.69) is 34.3 Å². The molecule has 0 saturated heterocycles. The molecule has 1 aromatic carbocycles. The lowest BCUT2D eigenvalue weighted by molar-refractivity contribution is 0.309. The van der Waals surface area contributed by atoms with Crippen molar-refractivity contribution >= 4 is 27.3 Å². The van der Waals surface area contributed by atoms with Crippen LogP contribution in [-0.2, 0) is 6.61 Å². The fraction of sp³-hybridized carbons (Fsp3) is 0.167. The maximum atomic E-state index is 5.67. The summed E-state index contributed by atoms with van der Waals surface area (Å²) in [7, 11) is 0. The Morgan fingerprint density at radius 2 is 2.20 bits per heavy atom. The second-order valence-electron chi connectivity index (χ2n) is 3.28. The van der Waals surface area contributed by atoms with E-state index < -0.39 is 0 Å². The molecule has 0 N–H and O–H groups in total. The van der Waals surface area contributed by atoms with Crippen LogP contribution in [0.3, 0.4) is 0 Å². The van der Waals surface area contributed by atoms with E-state index in [1.165, 1.54) is 10.4 Å². The quantitative estimate of drug-likeness (QED) is 0.811. The van der Waals surface area contributed by atoms with Gasteiger partial charge in [-0.2, -0.15) is 0 Å². The zero-order chi connectivity index (χ0) is 10.7. The van der Waals surface area contributed by atoms with Crippen molar-refractivity contribution in [3.05, 3.63) is 50.6 Å². The number of thiophene rings is 1. The first-order valence-corrected chi connectivity index (χ1v) is 6.34. The Morgan fingerprint density at radius 1 is 1.33 bits per heavy atom. The number of halogens is 1. The highest BCUT2D eigenvalue weighted by Crippen LogP contribution is 2.23. The maximum Gasteiger partial charge on any atom is 0.122 e. The van der Waals surface area contributed by atoms with Gasteiger partial charge in [0.2, 0.25) is 0 Å². The van der Waals surface area contributed by atoms with Crippen molar-refractivity contribution in [1.29, 1.82) is 0 Å². The van der Waals surface area contributed by atoms with Gasteiger partial charge in [0, 0.05) is 9.35 Å². The van der Waals surface area contributed by atoms with Gasteiger partial charge in [-0.1, -0.05) is 28.1 Å². The van der Waals surface area contributed by atoms with Crippen molar-refractivity contribution in [3.63, 3.8) is 0 Å². The summed E-state index contributed by atoms with van der Waals surface area (Å²) in [6, 6.07) is 10.2. The lowest BCUT2D eigenvalue weighted by Gasteiger charge is -2.06. The van der Waals surface area contributed by atoms with Crippen LogP contribution in [0.4, 0.5) is 0 Å². The smallest absolute Gasteiger partial charge is 0.122 e. The fourth-order valence-corrected chi connectivity index (χ4v) is 2.19. The van der Waals surface area contributed by atoms with Crippen LogP contribution >= 0.6 is 27.3 Å². The Labute approximate surface area is 102 Å². The van der Waals surface area contributed by atoms with E-state index in [9.17, 15) is 0 Å². The summed E-state index contributed by atoms with van der Waals surface area (Å²) in [5.74, 6) is 0.904. The largest absolute Gasteiger partial charge is 0.488 e. The lowest BCUT2D eigenvalue weighted by atomic mass is 10.2. The van der Waals surface area contributed by atoms with Gasteiger partial charge in [-0.3, -0.25) is 0 Å². The summed E-state index contributed by atoms with van der Waals surface area (Å²) in [4.78, 5) is 1.24. The lowest BCUT2D eigenvalue weighted by Crippen LogP contribution is -1.92. The van der Waals surface area contributed by atoms with E-state index in [1.54, 1.807) is 11.3 Å². The molecule has 78 valence electrons. The predicted octanol–water partition coefficient (Wildman–Crippen LogP) is 4.40. The minimum absolute atomic E-state index is 0.646. The Balaban J connectivity index is 2.02. The molecule has 0 saturated carbocycles. The van der Waals surface area contributed by atoms with E-state index in [1.807, 2.05) is 24.3 Å². The number of benzene rings is 1. The average Bonchev–Trinajstić information content (AvgIpc) is 2.73. The molecular formula is C12H11BrOS. The van der Waals surface area contributed by atoms with Gasteiger partial charge in [0.15, 0.2) is 0 Å².